The summed E-state index contributed by atoms with van der Waals surface area (Å²) < 4.78 is 1.09. The quantitative estimate of drug-likeness (QED) is 0.768. The van der Waals surface area contributed by atoms with Crippen LogP contribution in [0.5, 0.6) is 0 Å². The smallest absolute Gasteiger partial charge is 0.111 e. The van der Waals surface area contributed by atoms with Crippen LogP contribution < -0.4 is 5.73 Å². The standard InChI is InChI=1S/C16H16BrN3/c17-13-5-3-4-11(9-13)8-12(10-18)16-19-14-6-1-2-7-15(14)20-16/h1-7,9,12H,8,10,18H2,(H,19,20). The monoisotopic (exact) mass is 329 g/mol. The molecule has 3 nitrogen and oxygen atoms in total. The fourth-order valence-electron chi connectivity index (χ4n) is 2.41. The van der Waals surface area contributed by atoms with Gasteiger partial charge in [-0.1, -0.05) is 40.2 Å². The first-order chi connectivity index (χ1) is 9.76. The minimum absolute atomic E-state index is 0.205. The topological polar surface area (TPSA) is 54.7 Å². The summed E-state index contributed by atoms with van der Waals surface area (Å²) in [4.78, 5) is 8.03. The molecule has 0 fully saturated rings. The van der Waals surface area contributed by atoms with Crippen molar-refractivity contribution in [2.45, 2.75) is 12.3 Å². The van der Waals surface area contributed by atoms with E-state index in [9.17, 15) is 0 Å². The second kappa shape index (κ2) is 5.77. The molecule has 1 heterocycles. The molecule has 3 rings (SSSR count). The lowest BCUT2D eigenvalue weighted by Crippen LogP contribution is -2.16. The Morgan fingerprint density at radius 3 is 2.75 bits per heavy atom. The predicted octanol–water partition coefficient (Wildman–Crippen LogP) is 3.61. The predicted molar refractivity (Wildman–Crippen MR) is 85.7 cm³/mol. The number of nitrogens with two attached hydrogens (primary N) is 1. The number of aromatic nitrogens is 2. The Morgan fingerprint density at radius 1 is 1.15 bits per heavy atom. The van der Waals surface area contributed by atoms with Crippen molar-refractivity contribution < 1.29 is 0 Å². The summed E-state index contributed by atoms with van der Waals surface area (Å²) in [5, 5.41) is 0. The van der Waals surface area contributed by atoms with Crippen LogP contribution in [0.1, 0.15) is 17.3 Å². The number of nitrogens with one attached hydrogen (secondary N) is 1. The number of rotatable bonds is 4. The molecule has 3 N–H and O–H groups in total. The third kappa shape index (κ3) is 2.76. The van der Waals surface area contributed by atoms with E-state index in [4.69, 9.17) is 5.73 Å². The molecule has 102 valence electrons. The highest BCUT2D eigenvalue weighted by atomic mass is 79.9. The maximum atomic E-state index is 5.94. The van der Waals surface area contributed by atoms with Crippen LogP contribution in [-0.2, 0) is 6.42 Å². The third-order valence-electron chi connectivity index (χ3n) is 3.45. The zero-order chi connectivity index (χ0) is 13.9. The summed E-state index contributed by atoms with van der Waals surface area (Å²) in [6.45, 7) is 0.576. The molecule has 1 aromatic heterocycles. The molecule has 2 aromatic carbocycles. The zero-order valence-corrected chi connectivity index (χ0v) is 12.6. The maximum absolute atomic E-state index is 5.94. The molecule has 0 radical (unpaired) electrons. The molecule has 3 aromatic rings. The molecule has 0 amide bonds. The van der Waals surface area contributed by atoms with Crippen molar-refractivity contribution in [1.82, 2.24) is 9.97 Å². The molecule has 0 saturated carbocycles. The zero-order valence-electron chi connectivity index (χ0n) is 11.0. The minimum atomic E-state index is 0.205. The van der Waals surface area contributed by atoms with Crippen molar-refractivity contribution in [2.24, 2.45) is 5.73 Å². The molecule has 0 aliphatic heterocycles. The molecule has 0 aliphatic carbocycles. The molecule has 0 aliphatic rings. The lowest BCUT2D eigenvalue weighted by Gasteiger charge is -2.12. The Labute approximate surface area is 126 Å². The Kier molecular flexibility index (Phi) is 3.85. The van der Waals surface area contributed by atoms with Crippen LogP contribution in [0.3, 0.4) is 0 Å². The minimum Gasteiger partial charge on any atom is -0.342 e. The van der Waals surface area contributed by atoms with Crippen LogP contribution in [-0.4, -0.2) is 16.5 Å². The van der Waals surface area contributed by atoms with Gasteiger partial charge in [-0.05, 0) is 36.2 Å². The van der Waals surface area contributed by atoms with E-state index in [1.807, 2.05) is 36.4 Å². The van der Waals surface area contributed by atoms with E-state index in [-0.39, 0.29) is 5.92 Å². The summed E-state index contributed by atoms with van der Waals surface area (Å²) in [7, 11) is 0. The Hall–Kier alpha value is -1.65. The number of imidazole rings is 1. The van der Waals surface area contributed by atoms with Gasteiger partial charge in [0.1, 0.15) is 5.82 Å². The molecular formula is C16H16BrN3. The van der Waals surface area contributed by atoms with Crippen molar-refractivity contribution in [3.63, 3.8) is 0 Å². The van der Waals surface area contributed by atoms with E-state index in [1.165, 1.54) is 5.56 Å². The lowest BCUT2D eigenvalue weighted by atomic mass is 9.99. The van der Waals surface area contributed by atoms with Gasteiger partial charge >= 0.3 is 0 Å². The van der Waals surface area contributed by atoms with Gasteiger partial charge in [0.15, 0.2) is 0 Å². The Balaban J connectivity index is 1.89. The first-order valence-electron chi connectivity index (χ1n) is 6.65. The van der Waals surface area contributed by atoms with Gasteiger partial charge < -0.3 is 10.7 Å². The van der Waals surface area contributed by atoms with Crippen LogP contribution in [0.15, 0.2) is 53.0 Å². The van der Waals surface area contributed by atoms with E-state index >= 15 is 0 Å². The van der Waals surface area contributed by atoms with Crippen molar-refractivity contribution >= 4 is 27.0 Å². The summed E-state index contributed by atoms with van der Waals surface area (Å²) in [5.41, 5.74) is 9.26. The molecule has 0 bridgehead atoms. The van der Waals surface area contributed by atoms with Crippen LogP contribution >= 0.6 is 15.9 Å². The number of halogens is 1. The van der Waals surface area contributed by atoms with Gasteiger partial charge in [0.05, 0.1) is 11.0 Å². The van der Waals surface area contributed by atoms with E-state index in [0.717, 1.165) is 27.8 Å². The molecule has 20 heavy (non-hydrogen) atoms. The fourth-order valence-corrected chi connectivity index (χ4v) is 2.85. The van der Waals surface area contributed by atoms with Crippen LogP contribution in [0.2, 0.25) is 0 Å². The van der Waals surface area contributed by atoms with Crippen LogP contribution in [0, 0.1) is 0 Å². The average Bonchev–Trinajstić information content (AvgIpc) is 2.88. The van der Waals surface area contributed by atoms with E-state index in [1.54, 1.807) is 0 Å². The van der Waals surface area contributed by atoms with Gasteiger partial charge in [-0.3, -0.25) is 0 Å². The van der Waals surface area contributed by atoms with Gasteiger partial charge in [-0.25, -0.2) is 4.98 Å². The highest BCUT2D eigenvalue weighted by Crippen LogP contribution is 2.22. The normalized spacial score (nSPS) is 12.7. The Morgan fingerprint density at radius 2 is 2.00 bits per heavy atom. The number of para-hydroxylation sites is 2. The average molecular weight is 330 g/mol. The second-order valence-electron chi connectivity index (χ2n) is 4.91. The van der Waals surface area contributed by atoms with Gasteiger partial charge in [0, 0.05) is 16.9 Å². The number of benzene rings is 2. The number of aromatic amines is 1. The molecular weight excluding hydrogens is 314 g/mol. The van der Waals surface area contributed by atoms with Crippen molar-refractivity contribution in [1.29, 1.82) is 0 Å². The van der Waals surface area contributed by atoms with Crippen LogP contribution in [0.25, 0.3) is 11.0 Å². The highest BCUT2D eigenvalue weighted by Gasteiger charge is 2.15. The number of hydrogen-bond donors (Lipinski definition) is 2. The highest BCUT2D eigenvalue weighted by molar-refractivity contribution is 9.10. The molecule has 0 spiro atoms. The lowest BCUT2D eigenvalue weighted by molar-refractivity contribution is 0.658. The number of nitrogens with zero attached hydrogens (tertiary/aromatic N) is 1. The van der Waals surface area contributed by atoms with Crippen molar-refractivity contribution in [3.8, 4) is 0 Å². The Bertz CT molecular complexity index is 687. The second-order valence-corrected chi connectivity index (χ2v) is 5.82. The van der Waals surface area contributed by atoms with Gasteiger partial charge in [0.2, 0.25) is 0 Å². The number of fused-ring (bicyclic) bond motifs is 1. The molecule has 1 unspecified atom stereocenters. The van der Waals surface area contributed by atoms with Crippen molar-refractivity contribution in [2.75, 3.05) is 6.54 Å². The molecule has 4 heteroatoms. The van der Waals surface area contributed by atoms with Gasteiger partial charge in [-0.15, -0.1) is 0 Å². The molecule has 1 atom stereocenters. The van der Waals surface area contributed by atoms with Gasteiger partial charge in [-0.2, -0.15) is 0 Å². The summed E-state index contributed by atoms with van der Waals surface area (Å²) >= 11 is 3.50. The van der Waals surface area contributed by atoms with E-state index in [2.05, 4.69) is 38.0 Å². The number of hydrogen-bond acceptors (Lipinski definition) is 2. The summed E-state index contributed by atoms with van der Waals surface area (Å²) in [6, 6.07) is 16.4. The number of H-pyrrole nitrogens is 1. The van der Waals surface area contributed by atoms with E-state index in [0.29, 0.717) is 6.54 Å². The largest absolute Gasteiger partial charge is 0.342 e. The summed E-state index contributed by atoms with van der Waals surface area (Å²) in [5.74, 6) is 1.17. The maximum Gasteiger partial charge on any atom is 0.111 e. The van der Waals surface area contributed by atoms with E-state index < -0.39 is 0 Å². The third-order valence-corrected chi connectivity index (χ3v) is 3.94. The fraction of sp³-hybridized carbons (Fsp3) is 0.188. The SMILES string of the molecule is NCC(Cc1cccc(Br)c1)c1nc2ccccc2[nH]1. The molecule has 0 saturated heterocycles. The van der Waals surface area contributed by atoms with Crippen molar-refractivity contribution in [3.05, 3.63) is 64.4 Å². The van der Waals surface area contributed by atoms with Gasteiger partial charge in [0.25, 0.3) is 0 Å². The summed E-state index contributed by atoms with van der Waals surface area (Å²) in [6.07, 6.45) is 0.885. The van der Waals surface area contributed by atoms with Crippen LogP contribution in [0.4, 0.5) is 0 Å². The first-order valence-corrected chi connectivity index (χ1v) is 7.44. The first kappa shape index (κ1) is 13.3.